The topological polar surface area (TPSA) is 51.8 Å². The minimum absolute atomic E-state index is 0.650. The second kappa shape index (κ2) is 6.13. The van der Waals surface area contributed by atoms with Gasteiger partial charge in [0, 0.05) is 10.6 Å². The minimum atomic E-state index is 0.650. The van der Waals surface area contributed by atoms with Crippen LogP contribution in [0.3, 0.4) is 0 Å². The summed E-state index contributed by atoms with van der Waals surface area (Å²) in [6, 6.07) is 10.4. The van der Waals surface area contributed by atoms with E-state index < -0.39 is 0 Å². The molecule has 1 aromatic carbocycles. The Morgan fingerprint density at radius 2 is 2.09 bits per heavy atom. The number of fused-ring (bicyclic) bond motifs is 3. The van der Waals surface area contributed by atoms with Crippen LogP contribution in [-0.2, 0) is 18.6 Å². The van der Waals surface area contributed by atoms with Crippen LogP contribution >= 0.6 is 23.1 Å². The lowest BCUT2D eigenvalue weighted by Gasteiger charge is -2.18. The molecule has 3 aromatic rings. The number of nitrogens with two attached hydrogens (primary N) is 1. The zero-order valence-electron chi connectivity index (χ0n) is 13.1. The number of thioether (sulfide) groups is 1. The molecular weight excluding hydrogens is 322 g/mol. The maximum atomic E-state index is 6.28. The van der Waals surface area contributed by atoms with E-state index in [1.54, 1.807) is 11.8 Å². The van der Waals surface area contributed by atoms with E-state index in [4.69, 9.17) is 10.7 Å². The number of hydrogen-bond acceptors (Lipinski definition) is 5. The van der Waals surface area contributed by atoms with E-state index >= 15 is 0 Å². The summed E-state index contributed by atoms with van der Waals surface area (Å²) in [7, 11) is 0. The second-order valence-electron chi connectivity index (χ2n) is 6.20. The molecule has 1 atom stereocenters. The molecule has 3 nitrogen and oxygen atoms in total. The largest absolute Gasteiger partial charge is 0.383 e. The highest BCUT2D eigenvalue weighted by molar-refractivity contribution is 7.98. The highest BCUT2D eigenvalue weighted by atomic mass is 32.2. The van der Waals surface area contributed by atoms with Crippen molar-refractivity contribution in [2.24, 2.45) is 5.92 Å². The van der Waals surface area contributed by atoms with Gasteiger partial charge in [-0.1, -0.05) is 49.0 Å². The molecule has 23 heavy (non-hydrogen) atoms. The van der Waals surface area contributed by atoms with Crippen LogP contribution in [0.4, 0.5) is 5.82 Å². The molecule has 0 radical (unpaired) electrons. The lowest BCUT2D eigenvalue weighted by molar-refractivity contribution is 0.508. The predicted molar refractivity (Wildman–Crippen MR) is 99.0 cm³/mol. The average molecular weight is 342 g/mol. The van der Waals surface area contributed by atoms with Gasteiger partial charge in [-0.3, -0.25) is 0 Å². The lowest BCUT2D eigenvalue weighted by atomic mass is 9.89. The molecule has 0 saturated carbocycles. The molecule has 0 saturated heterocycles. The van der Waals surface area contributed by atoms with E-state index in [2.05, 4.69) is 36.2 Å². The first-order valence-corrected chi connectivity index (χ1v) is 9.75. The highest BCUT2D eigenvalue weighted by Gasteiger charge is 2.23. The third-order valence-electron chi connectivity index (χ3n) is 4.37. The van der Waals surface area contributed by atoms with E-state index in [0.29, 0.717) is 5.82 Å². The number of aryl methyl sites for hydroxylation is 1. The molecule has 1 aliphatic carbocycles. The standard InChI is InChI=1S/C18H19N3S2/c1-11-7-8-14-13(9-11)15-16(19)20-18(21-17(15)23-14)22-10-12-5-3-2-4-6-12/h2-6,11H,7-10H2,1H3,(H2,19,20,21)/t11-/m1/s1. The summed E-state index contributed by atoms with van der Waals surface area (Å²) < 4.78 is 0. The maximum Gasteiger partial charge on any atom is 0.191 e. The molecule has 0 amide bonds. The molecule has 5 heteroatoms. The van der Waals surface area contributed by atoms with E-state index in [1.807, 2.05) is 17.4 Å². The molecule has 2 N–H and O–H groups in total. The third kappa shape index (κ3) is 2.95. The van der Waals surface area contributed by atoms with Crippen molar-refractivity contribution in [1.29, 1.82) is 0 Å². The summed E-state index contributed by atoms with van der Waals surface area (Å²) >= 11 is 3.46. The van der Waals surface area contributed by atoms with Gasteiger partial charge in [-0.05, 0) is 36.3 Å². The van der Waals surface area contributed by atoms with Gasteiger partial charge in [-0.2, -0.15) is 0 Å². The lowest BCUT2D eigenvalue weighted by Crippen LogP contribution is -2.09. The normalized spacial score (nSPS) is 17.3. The highest BCUT2D eigenvalue weighted by Crippen LogP contribution is 2.40. The number of thiophene rings is 1. The molecule has 1 aliphatic rings. The Hall–Kier alpha value is -1.59. The number of anilines is 1. The fraction of sp³-hybridized carbons (Fsp3) is 0.333. The molecule has 0 bridgehead atoms. The van der Waals surface area contributed by atoms with Crippen molar-refractivity contribution in [3.05, 3.63) is 46.3 Å². The number of nitrogens with zero attached hydrogens (tertiary/aromatic N) is 2. The minimum Gasteiger partial charge on any atom is -0.383 e. The first-order valence-electron chi connectivity index (χ1n) is 7.95. The van der Waals surface area contributed by atoms with Crippen LogP contribution in [0.15, 0.2) is 35.5 Å². The Morgan fingerprint density at radius 1 is 1.26 bits per heavy atom. The fourth-order valence-electron chi connectivity index (χ4n) is 3.14. The van der Waals surface area contributed by atoms with E-state index in [0.717, 1.165) is 39.9 Å². The smallest absolute Gasteiger partial charge is 0.191 e. The van der Waals surface area contributed by atoms with Gasteiger partial charge in [0.2, 0.25) is 0 Å². The van der Waals surface area contributed by atoms with Gasteiger partial charge in [0.25, 0.3) is 0 Å². The monoisotopic (exact) mass is 341 g/mol. The van der Waals surface area contributed by atoms with Crippen LogP contribution in [0.5, 0.6) is 0 Å². The van der Waals surface area contributed by atoms with Crippen LogP contribution in [0, 0.1) is 5.92 Å². The van der Waals surface area contributed by atoms with Crippen molar-refractivity contribution in [3.63, 3.8) is 0 Å². The molecule has 2 heterocycles. The Kier molecular flexibility index (Phi) is 3.99. The molecule has 118 valence electrons. The van der Waals surface area contributed by atoms with Gasteiger partial charge in [0.05, 0.1) is 5.39 Å². The van der Waals surface area contributed by atoms with E-state index in [-0.39, 0.29) is 0 Å². The van der Waals surface area contributed by atoms with E-state index in [9.17, 15) is 0 Å². The van der Waals surface area contributed by atoms with Crippen LogP contribution in [0.25, 0.3) is 10.2 Å². The summed E-state index contributed by atoms with van der Waals surface area (Å²) in [5, 5.41) is 1.89. The van der Waals surface area contributed by atoms with Crippen molar-refractivity contribution in [3.8, 4) is 0 Å². The van der Waals surface area contributed by atoms with Crippen LogP contribution in [-0.4, -0.2) is 9.97 Å². The van der Waals surface area contributed by atoms with Crippen molar-refractivity contribution < 1.29 is 0 Å². The summed E-state index contributed by atoms with van der Waals surface area (Å²) in [6.07, 6.45) is 3.53. The Bertz CT molecular complexity index is 842. The quantitative estimate of drug-likeness (QED) is 0.554. The zero-order chi connectivity index (χ0) is 15.8. The summed E-state index contributed by atoms with van der Waals surface area (Å²) in [6.45, 7) is 2.31. The summed E-state index contributed by atoms with van der Waals surface area (Å²) in [5.74, 6) is 2.25. The van der Waals surface area contributed by atoms with Crippen LogP contribution in [0.1, 0.15) is 29.3 Å². The number of benzene rings is 1. The van der Waals surface area contributed by atoms with E-state index in [1.165, 1.54) is 22.4 Å². The van der Waals surface area contributed by atoms with Gasteiger partial charge in [-0.25, -0.2) is 9.97 Å². The summed E-state index contributed by atoms with van der Waals surface area (Å²) in [4.78, 5) is 11.9. The SMILES string of the molecule is C[C@@H]1CCc2sc3nc(SCc4ccccc4)nc(N)c3c2C1. The average Bonchev–Trinajstić information content (AvgIpc) is 2.92. The molecule has 2 aromatic heterocycles. The molecule has 0 unspecified atom stereocenters. The molecule has 4 rings (SSSR count). The number of rotatable bonds is 3. The number of nitrogen functional groups attached to an aromatic ring is 1. The Morgan fingerprint density at radius 3 is 2.91 bits per heavy atom. The number of hydrogen-bond donors (Lipinski definition) is 1. The first-order chi connectivity index (χ1) is 11.2. The van der Waals surface area contributed by atoms with Gasteiger partial charge < -0.3 is 5.73 Å². The van der Waals surface area contributed by atoms with Gasteiger partial charge in [0.15, 0.2) is 5.16 Å². The molecule has 0 spiro atoms. The fourth-order valence-corrected chi connectivity index (χ4v) is 5.23. The van der Waals surface area contributed by atoms with Gasteiger partial charge in [-0.15, -0.1) is 11.3 Å². The Balaban J connectivity index is 1.65. The van der Waals surface area contributed by atoms with Crippen LogP contribution in [0.2, 0.25) is 0 Å². The second-order valence-corrected chi connectivity index (χ2v) is 8.22. The van der Waals surface area contributed by atoms with Gasteiger partial charge in [0.1, 0.15) is 10.6 Å². The third-order valence-corrected chi connectivity index (χ3v) is 6.47. The Labute approximate surface area is 144 Å². The molecule has 0 fully saturated rings. The molecular formula is C18H19N3S2. The zero-order valence-corrected chi connectivity index (χ0v) is 14.7. The summed E-state index contributed by atoms with van der Waals surface area (Å²) in [5.41, 5.74) is 8.96. The van der Waals surface area contributed by atoms with Crippen molar-refractivity contribution in [1.82, 2.24) is 9.97 Å². The maximum absolute atomic E-state index is 6.28. The van der Waals surface area contributed by atoms with Crippen LogP contribution < -0.4 is 5.73 Å². The number of aromatic nitrogens is 2. The first kappa shape index (κ1) is 15.0. The van der Waals surface area contributed by atoms with Crippen molar-refractivity contribution in [2.75, 3.05) is 5.73 Å². The van der Waals surface area contributed by atoms with Crippen molar-refractivity contribution >= 4 is 39.1 Å². The molecule has 0 aliphatic heterocycles. The predicted octanol–water partition coefficient (Wildman–Crippen LogP) is 4.69. The van der Waals surface area contributed by atoms with Gasteiger partial charge >= 0.3 is 0 Å². The van der Waals surface area contributed by atoms with Crippen molar-refractivity contribution in [2.45, 2.75) is 37.1 Å².